The van der Waals surface area contributed by atoms with Gasteiger partial charge in [-0.3, -0.25) is 0 Å². The molecular weight excluding hydrogens is 262 g/mol. The predicted octanol–water partition coefficient (Wildman–Crippen LogP) is 2.10. The summed E-state index contributed by atoms with van der Waals surface area (Å²) < 4.78 is 9.67. The zero-order valence-corrected chi connectivity index (χ0v) is 11.7. The van der Waals surface area contributed by atoms with E-state index in [1.54, 1.807) is 18.9 Å². The van der Waals surface area contributed by atoms with Crippen LogP contribution in [-0.2, 0) is 17.0 Å². The number of methoxy groups -OCH3 is 1. The second-order valence-electron chi connectivity index (χ2n) is 3.95. The summed E-state index contributed by atoms with van der Waals surface area (Å²) in [7, 11) is 1.71. The molecule has 0 spiro atoms. The van der Waals surface area contributed by atoms with Gasteiger partial charge in [-0.25, -0.2) is 0 Å². The number of nitrogens with one attached hydrogen (secondary N) is 1. The van der Waals surface area contributed by atoms with Gasteiger partial charge in [0.2, 0.25) is 6.39 Å². The highest BCUT2D eigenvalue weighted by atomic mass is 32.2. The molecule has 0 saturated carbocycles. The minimum absolute atomic E-state index is 0.718. The van der Waals surface area contributed by atoms with Crippen LogP contribution in [0.2, 0.25) is 0 Å². The van der Waals surface area contributed by atoms with Crippen molar-refractivity contribution in [3.05, 3.63) is 42.0 Å². The van der Waals surface area contributed by atoms with E-state index in [4.69, 9.17) is 9.26 Å². The number of hydrogen-bond acceptors (Lipinski definition) is 6. The maximum atomic E-state index is 4.98. The molecule has 0 radical (unpaired) electrons. The van der Waals surface area contributed by atoms with Gasteiger partial charge < -0.3 is 14.6 Å². The lowest BCUT2D eigenvalue weighted by atomic mass is 10.2. The van der Waals surface area contributed by atoms with Crippen LogP contribution < -0.4 is 5.32 Å². The molecule has 2 aromatic rings. The van der Waals surface area contributed by atoms with E-state index in [-0.39, 0.29) is 0 Å². The maximum absolute atomic E-state index is 4.98. The topological polar surface area (TPSA) is 60.2 Å². The van der Waals surface area contributed by atoms with Gasteiger partial charge in [-0.15, -0.1) is 11.8 Å². The molecule has 0 saturated heterocycles. The predicted molar refractivity (Wildman–Crippen MR) is 73.9 cm³/mol. The molecule has 102 valence electrons. The van der Waals surface area contributed by atoms with E-state index in [1.807, 2.05) is 0 Å². The Labute approximate surface area is 116 Å². The minimum Gasteiger partial charge on any atom is -0.383 e. The first-order chi connectivity index (χ1) is 9.38. The van der Waals surface area contributed by atoms with Crippen molar-refractivity contribution in [1.82, 2.24) is 15.5 Å². The van der Waals surface area contributed by atoms with Crippen LogP contribution in [0.25, 0.3) is 0 Å². The van der Waals surface area contributed by atoms with Crippen molar-refractivity contribution in [3.8, 4) is 0 Å². The van der Waals surface area contributed by atoms with Gasteiger partial charge in [-0.1, -0.05) is 17.3 Å². The average Bonchev–Trinajstić information content (AvgIpc) is 2.96. The molecule has 0 unspecified atom stereocenters. The monoisotopic (exact) mass is 279 g/mol. The van der Waals surface area contributed by atoms with Crippen molar-refractivity contribution in [2.45, 2.75) is 17.2 Å². The minimum atomic E-state index is 0.718. The third-order valence-corrected chi connectivity index (χ3v) is 3.52. The van der Waals surface area contributed by atoms with E-state index in [1.165, 1.54) is 16.9 Å². The second-order valence-corrected chi connectivity index (χ2v) is 5.00. The molecule has 0 fully saturated rings. The fraction of sp³-hybridized carbons (Fsp3) is 0.385. The van der Waals surface area contributed by atoms with Crippen molar-refractivity contribution in [3.63, 3.8) is 0 Å². The van der Waals surface area contributed by atoms with Crippen LogP contribution in [0, 0.1) is 0 Å². The number of benzene rings is 1. The summed E-state index contributed by atoms with van der Waals surface area (Å²) in [6.07, 6.45) is 1.35. The smallest absolute Gasteiger partial charge is 0.213 e. The quantitative estimate of drug-likeness (QED) is 0.590. The molecule has 19 heavy (non-hydrogen) atoms. The van der Waals surface area contributed by atoms with Crippen molar-refractivity contribution in [2.75, 3.05) is 20.3 Å². The molecule has 6 heteroatoms. The zero-order chi connectivity index (χ0) is 13.3. The highest BCUT2D eigenvalue weighted by molar-refractivity contribution is 7.98. The number of aromatic nitrogens is 2. The van der Waals surface area contributed by atoms with E-state index in [0.717, 1.165) is 31.3 Å². The molecule has 1 heterocycles. The molecule has 0 atom stereocenters. The van der Waals surface area contributed by atoms with E-state index in [2.05, 4.69) is 39.7 Å². The van der Waals surface area contributed by atoms with Gasteiger partial charge in [0.05, 0.1) is 12.4 Å². The van der Waals surface area contributed by atoms with Crippen molar-refractivity contribution in [1.29, 1.82) is 0 Å². The van der Waals surface area contributed by atoms with Crippen molar-refractivity contribution >= 4 is 11.8 Å². The van der Waals surface area contributed by atoms with Crippen LogP contribution in [0.5, 0.6) is 0 Å². The lowest BCUT2D eigenvalue weighted by molar-refractivity contribution is 0.199. The Balaban J connectivity index is 1.74. The van der Waals surface area contributed by atoms with Crippen LogP contribution in [0.3, 0.4) is 0 Å². The Hall–Kier alpha value is -1.37. The van der Waals surface area contributed by atoms with Gasteiger partial charge >= 0.3 is 0 Å². The summed E-state index contributed by atoms with van der Waals surface area (Å²) in [5.74, 6) is 1.44. The molecule has 1 aromatic carbocycles. The first-order valence-corrected chi connectivity index (χ1v) is 7.03. The van der Waals surface area contributed by atoms with Crippen LogP contribution in [0.1, 0.15) is 11.4 Å². The first kappa shape index (κ1) is 14.0. The van der Waals surface area contributed by atoms with Gasteiger partial charge in [0.25, 0.3) is 0 Å². The van der Waals surface area contributed by atoms with E-state index in [9.17, 15) is 0 Å². The number of thioether (sulfide) groups is 1. The molecule has 0 aliphatic carbocycles. The van der Waals surface area contributed by atoms with Crippen LogP contribution in [0.15, 0.2) is 40.1 Å². The summed E-state index contributed by atoms with van der Waals surface area (Å²) in [6.45, 7) is 2.46. The molecule has 1 aromatic heterocycles. The Bertz CT molecular complexity index is 459. The summed E-state index contributed by atoms with van der Waals surface area (Å²) in [5, 5.41) is 7.09. The lowest BCUT2D eigenvalue weighted by Gasteiger charge is -2.05. The zero-order valence-electron chi connectivity index (χ0n) is 10.8. The van der Waals surface area contributed by atoms with Crippen molar-refractivity contribution in [2.24, 2.45) is 0 Å². The fourth-order valence-corrected chi connectivity index (χ4v) is 2.27. The summed E-state index contributed by atoms with van der Waals surface area (Å²) in [6, 6.07) is 8.47. The maximum Gasteiger partial charge on any atom is 0.213 e. The highest BCUT2D eigenvalue weighted by Crippen LogP contribution is 2.21. The van der Waals surface area contributed by atoms with E-state index < -0.39 is 0 Å². The van der Waals surface area contributed by atoms with Gasteiger partial charge in [-0.05, 0) is 17.7 Å². The number of hydrogen-bond donors (Lipinski definition) is 1. The molecular formula is C13H17N3O2S. The Morgan fingerprint density at radius 2 is 2.16 bits per heavy atom. The van der Waals surface area contributed by atoms with E-state index >= 15 is 0 Å². The number of ether oxygens (including phenoxy) is 1. The average molecular weight is 279 g/mol. The lowest BCUT2D eigenvalue weighted by Crippen LogP contribution is -2.18. The highest BCUT2D eigenvalue weighted by Gasteiger charge is 2.00. The molecule has 1 N–H and O–H groups in total. The van der Waals surface area contributed by atoms with Crippen LogP contribution in [0.4, 0.5) is 0 Å². The van der Waals surface area contributed by atoms with Gasteiger partial charge in [-0.2, -0.15) is 4.98 Å². The molecule has 0 bridgehead atoms. The van der Waals surface area contributed by atoms with Gasteiger partial charge in [0, 0.05) is 25.1 Å². The second kappa shape index (κ2) is 7.93. The number of rotatable bonds is 8. The fourth-order valence-electron chi connectivity index (χ4n) is 1.51. The molecule has 0 aliphatic heterocycles. The Kier molecular flexibility index (Phi) is 5.87. The Morgan fingerprint density at radius 3 is 2.84 bits per heavy atom. The van der Waals surface area contributed by atoms with E-state index in [0.29, 0.717) is 0 Å². The number of nitrogens with zero attached hydrogens (tertiary/aromatic N) is 2. The third-order valence-electron chi connectivity index (χ3n) is 2.51. The first-order valence-electron chi connectivity index (χ1n) is 6.05. The van der Waals surface area contributed by atoms with Gasteiger partial charge in [0.15, 0.2) is 5.82 Å². The van der Waals surface area contributed by atoms with Crippen molar-refractivity contribution < 1.29 is 9.26 Å². The molecule has 2 rings (SSSR count). The van der Waals surface area contributed by atoms with Crippen LogP contribution in [-0.4, -0.2) is 30.4 Å². The summed E-state index contributed by atoms with van der Waals surface area (Å²) in [5.41, 5.74) is 1.26. The largest absolute Gasteiger partial charge is 0.383 e. The summed E-state index contributed by atoms with van der Waals surface area (Å²) >= 11 is 1.69. The SMILES string of the molecule is COCCNCc1ccc(SCc2ncon2)cc1. The summed E-state index contributed by atoms with van der Waals surface area (Å²) in [4.78, 5) is 5.19. The third kappa shape index (κ3) is 5.02. The molecule has 0 aliphatic rings. The molecule has 5 nitrogen and oxygen atoms in total. The standard InChI is InChI=1S/C13H17N3O2S/c1-17-7-6-14-8-11-2-4-12(5-3-11)19-9-13-15-10-18-16-13/h2-5,10,14H,6-9H2,1H3. The normalized spacial score (nSPS) is 10.8. The van der Waals surface area contributed by atoms with Crippen LogP contribution >= 0.6 is 11.8 Å². The Morgan fingerprint density at radius 1 is 1.32 bits per heavy atom. The van der Waals surface area contributed by atoms with Gasteiger partial charge in [0.1, 0.15) is 0 Å². The molecule has 0 amide bonds.